The summed E-state index contributed by atoms with van der Waals surface area (Å²) in [5.74, 6) is 0.126. The van der Waals surface area contributed by atoms with Gasteiger partial charge in [-0.25, -0.2) is 4.98 Å². The van der Waals surface area contributed by atoms with Gasteiger partial charge in [-0.3, -0.25) is 4.79 Å². The van der Waals surface area contributed by atoms with Crippen LogP contribution in [0.3, 0.4) is 0 Å². The second kappa shape index (κ2) is 7.45. The molecule has 1 aromatic heterocycles. The highest BCUT2D eigenvalue weighted by molar-refractivity contribution is 7.09. The first-order chi connectivity index (χ1) is 8.54. The predicted octanol–water partition coefficient (Wildman–Crippen LogP) is 1.30. The summed E-state index contributed by atoms with van der Waals surface area (Å²) < 4.78 is 0. The Morgan fingerprint density at radius 2 is 2.33 bits per heavy atom. The number of nitrogens with one attached hydrogen (secondary N) is 1. The Morgan fingerprint density at radius 3 is 2.89 bits per heavy atom. The number of nitrogens with zero attached hydrogens (tertiary/aromatic N) is 1. The number of aromatic nitrogens is 1. The molecule has 1 amide bonds. The fourth-order valence-corrected chi connectivity index (χ4v) is 2.19. The number of thiazole rings is 1. The van der Waals surface area contributed by atoms with Gasteiger partial charge in [-0.2, -0.15) is 0 Å². The molecule has 2 atom stereocenters. The summed E-state index contributed by atoms with van der Waals surface area (Å²) >= 11 is 1.40. The average molecular weight is 271 g/mol. The molecule has 6 heteroatoms. The van der Waals surface area contributed by atoms with Gasteiger partial charge in [0.1, 0.15) is 10.7 Å². The van der Waals surface area contributed by atoms with E-state index in [0.29, 0.717) is 12.2 Å². The molecule has 1 aromatic rings. The number of hydrogen-bond donors (Lipinski definition) is 3. The second-order valence-corrected chi connectivity index (χ2v) is 5.44. The normalized spacial score (nSPS) is 14.2. The smallest absolute Gasteiger partial charge is 0.270 e. The first-order valence-corrected chi connectivity index (χ1v) is 7.02. The topological polar surface area (TPSA) is 88.2 Å². The van der Waals surface area contributed by atoms with E-state index >= 15 is 0 Å². The molecule has 0 radical (unpaired) electrons. The molecule has 0 bridgehead atoms. The van der Waals surface area contributed by atoms with Crippen LogP contribution in [-0.4, -0.2) is 29.1 Å². The van der Waals surface area contributed by atoms with Crippen LogP contribution in [0.15, 0.2) is 5.38 Å². The Hall–Kier alpha value is -0.980. The lowest BCUT2D eigenvalue weighted by atomic mass is 10.1. The molecule has 0 aliphatic heterocycles. The maximum absolute atomic E-state index is 11.7. The van der Waals surface area contributed by atoms with Crippen LogP contribution in [0.25, 0.3) is 0 Å². The van der Waals surface area contributed by atoms with Crippen molar-refractivity contribution in [1.29, 1.82) is 0 Å². The molecular formula is C12H21N3O2S. The molecule has 0 aromatic carbocycles. The third-order valence-electron chi connectivity index (χ3n) is 2.62. The molecule has 0 saturated carbocycles. The second-order valence-electron chi connectivity index (χ2n) is 4.55. The van der Waals surface area contributed by atoms with E-state index < -0.39 is 0 Å². The zero-order valence-corrected chi connectivity index (χ0v) is 11.7. The summed E-state index contributed by atoms with van der Waals surface area (Å²) in [6.45, 7) is 4.62. The number of hydrogen-bond acceptors (Lipinski definition) is 5. The minimum Gasteiger partial charge on any atom is -0.396 e. The van der Waals surface area contributed by atoms with Gasteiger partial charge in [-0.15, -0.1) is 11.3 Å². The van der Waals surface area contributed by atoms with E-state index in [9.17, 15) is 4.79 Å². The van der Waals surface area contributed by atoms with Crippen LogP contribution in [-0.2, 0) is 0 Å². The van der Waals surface area contributed by atoms with Crippen LogP contribution >= 0.6 is 11.3 Å². The largest absolute Gasteiger partial charge is 0.396 e. The van der Waals surface area contributed by atoms with Crippen LogP contribution in [0.1, 0.15) is 48.2 Å². The van der Waals surface area contributed by atoms with Crippen molar-refractivity contribution >= 4 is 17.2 Å². The zero-order chi connectivity index (χ0) is 13.5. The van der Waals surface area contributed by atoms with Crippen molar-refractivity contribution in [3.05, 3.63) is 16.1 Å². The highest BCUT2D eigenvalue weighted by Crippen LogP contribution is 2.15. The number of nitrogens with two attached hydrogens (primary N) is 1. The summed E-state index contributed by atoms with van der Waals surface area (Å²) in [6.07, 6.45) is 1.76. The molecule has 4 N–H and O–H groups in total. The number of carbonyl (C=O) groups is 1. The Kier molecular flexibility index (Phi) is 6.24. The summed E-state index contributed by atoms with van der Waals surface area (Å²) in [4.78, 5) is 15.9. The maximum atomic E-state index is 11.7. The quantitative estimate of drug-likeness (QED) is 0.652. The van der Waals surface area contributed by atoms with Crippen molar-refractivity contribution in [3.8, 4) is 0 Å². The van der Waals surface area contributed by atoms with Gasteiger partial charge in [0.15, 0.2) is 0 Å². The standard InChI is InChI=1S/C12H21N3O2S/c1-8(6-16)4-3-5-14-11(17)10-7-18-12(15-10)9(2)13/h7-9,16H,3-6,13H2,1-2H3,(H,14,17). The zero-order valence-electron chi connectivity index (χ0n) is 10.8. The van der Waals surface area contributed by atoms with Crippen LogP contribution in [0.4, 0.5) is 0 Å². The SMILES string of the molecule is CC(CO)CCCNC(=O)c1csc(C(C)N)n1. The van der Waals surface area contributed by atoms with Crippen molar-refractivity contribution in [2.45, 2.75) is 32.7 Å². The molecular weight excluding hydrogens is 250 g/mol. The lowest BCUT2D eigenvalue weighted by Gasteiger charge is -2.07. The third-order valence-corrected chi connectivity index (χ3v) is 3.66. The van der Waals surface area contributed by atoms with E-state index in [4.69, 9.17) is 10.8 Å². The maximum Gasteiger partial charge on any atom is 0.270 e. The van der Waals surface area contributed by atoms with Crippen molar-refractivity contribution in [3.63, 3.8) is 0 Å². The van der Waals surface area contributed by atoms with Gasteiger partial charge in [0.05, 0.1) is 6.04 Å². The minimum atomic E-state index is -0.158. The molecule has 18 heavy (non-hydrogen) atoms. The van der Waals surface area contributed by atoms with E-state index in [2.05, 4.69) is 10.3 Å². The molecule has 0 spiro atoms. The Morgan fingerprint density at radius 1 is 1.61 bits per heavy atom. The highest BCUT2D eigenvalue weighted by Gasteiger charge is 2.12. The number of aliphatic hydroxyl groups is 1. The fraction of sp³-hybridized carbons (Fsp3) is 0.667. The van der Waals surface area contributed by atoms with Gasteiger partial charge in [-0.1, -0.05) is 6.92 Å². The molecule has 0 aliphatic carbocycles. The molecule has 102 valence electrons. The predicted molar refractivity (Wildman–Crippen MR) is 72.5 cm³/mol. The van der Waals surface area contributed by atoms with E-state index in [1.165, 1.54) is 11.3 Å². The van der Waals surface area contributed by atoms with Crippen LogP contribution in [0, 0.1) is 5.92 Å². The molecule has 0 fully saturated rings. The summed E-state index contributed by atoms with van der Waals surface area (Å²) in [7, 11) is 0. The van der Waals surface area contributed by atoms with E-state index in [1.54, 1.807) is 5.38 Å². The number of rotatable bonds is 7. The Labute approximate surface area is 111 Å². The van der Waals surface area contributed by atoms with Crippen LogP contribution in [0.2, 0.25) is 0 Å². The summed E-state index contributed by atoms with van der Waals surface area (Å²) in [5.41, 5.74) is 6.12. The van der Waals surface area contributed by atoms with Crippen molar-refractivity contribution in [1.82, 2.24) is 10.3 Å². The highest BCUT2D eigenvalue weighted by atomic mass is 32.1. The van der Waals surface area contributed by atoms with Crippen molar-refractivity contribution in [2.24, 2.45) is 11.7 Å². The van der Waals surface area contributed by atoms with Gasteiger partial charge in [0.2, 0.25) is 0 Å². The average Bonchev–Trinajstić information content (AvgIpc) is 2.83. The number of carbonyl (C=O) groups excluding carboxylic acids is 1. The molecule has 1 rings (SSSR count). The number of amides is 1. The number of aliphatic hydroxyl groups excluding tert-OH is 1. The van der Waals surface area contributed by atoms with Crippen LogP contribution in [0.5, 0.6) is 0 Å². The summed E-state index contributed by atoms with van der Waals surface area (Å²) in [5, 5.41) is 14.2. The van der Waals surface area contributed by atoms with E-state index in [1.807, 2.05) is 13.8 Å². The monoisotopic (exact) mass is 271 g/mol. The van der Waals surface area contributed by atoms with E-state index in [-0.39, 0.29) is 24.5 Å². The van der Waals surface area contributed by atoms with Crippen molar-refractivity contribution < 1.29 is 9.90 Å². The third kappa shape index (κ3) is 4.72. The molecule has 0 saturated heterocycles. The van der Waals surface area contributed by atoms with Gasteiger partial charge in [-0.05, 0) is 25.7 Å². The van der Waals surface area contributed by atoms with E-state index in [0.717, 1.165) is 17.8 Å². The Balaban J connectivity index is 2.32. The molecule has 2 unspecified atom stereocenters. The molecule has 5 nitrogen and oxygen atoms in total. The molecule has 0 aliphatic rings. The van der Waals surface area contributed by atoms with Gasteiger partial charge in [0.25, 0.3) is 5.91 Å². The first-order valence-electron chi connectivity index (χ1n) is 6.14. The van der Waals surface area contributed by atoms with Crippen molar-refractivity contribution in [2.75, 3.05) is 13.2 Å². The first kappa shape index (κ1) is 15.1. The minimum absolute atomic E-state index is 0.137. The summed E-state index contributed by atoms with van der Waals surface area (Å²) in [6, 6.07) is -0.137. The van der Waals surface area contributed by atoms with Crippen LogP contribution < -0.4 is 11.1 Å². The lowest BCUT2D eigenvalue weighted by Crippen LogP contribution is -2.25. The lowest BCUT2D eigenvalue weighted by molar-refractivity contribution is 0.0947. The Bertz CT molecular complexity index is 379. The van der Waals surface area contributed by atoms with Gasteiger partial charge >= 0.3 is 0 Å². The fourth-order valence-electron chi connectivity index (χ4n) is 1.44. The molecule has 1 heterocycles. The van der Waals surface area contributed by atoms with Gasteiger partial charge < -0.3 is 16.2 Å². The van der Waals surface area contributed by atoms with Gasteiger partial charge in [0, 0.05) is 18.5 Å².